The van der Waals surface area contributed by atoms with Gasteiger partial charge in [0.2, 0.25) is 0 Å². The Hall–Kier alpha value is -0.740. The molecule has 2 N–H and O–H groups in total. The summed E-state index contributed by atoms with van der Waals surface area (Å²) in [5.74, 6) is 0.751. The van der Waals surface area contributed by atoms with Crippen LogP contribution in [0.3, 0.4) is 0 Å². The molecule has 0 bridgehead atoms. The zero-order chi connectivity index (χ0) is 9.84. The number of benzene rings is 1. The van der Waals surface area contributed by atoms with Gasteiger partial charge in [0.15, 0.2) is 0 Å². The van der Waals surface area contributed by atoms with Gasteiger partial charge in [0.1, 0.15) is 5.75 Å². The van der Waals surface area contributed by atoms with E-state index in [1.54, 1.807) is 7.11 Å². The quantitative estimate of drug-likeness (QED) is 0.856. The van der Waals surface area contributed by atoms with Crippen LogP contribution in [0.1, 0.15) is 5.56 Å². The van der Waals surface area contributed by atoms with Crippen molar-refractivity contribution in [1.29, 1.82) is 0 Å². The zero-order valence-corrected chi connectivity index (χ0v) is 9.18. The van der Waals surface area contributed by atoms with E-state index in [0.717, 1.165) is 21.5 Å². The van der Waals surface area contributed by atoms with Crippen LogP contribution < -0.4 is 10.1 Å². The number of hydrogen-bond donors (Lipinski definition) is 2. The van der Waals surface area contributed by atoms with Gasteiger partial charge in [0.25, 0.3) is 0 Å². The highest BCUT2D eigenvalue weighted by Gasteiger charge is 2.06. The molecule has 0 heterocycles. The number of halogens is 1. The molecule has 0 atom stereocenters. The molecule has 1 rings (SSSR count). The van der Waals surface area contributed by atoms with Gasteiger partial charge in [-0.2, -0.15) is 0 Å². The Morgan fingerprint density at radius 1 is 1.54 bits per heavy atom. The van der Waals surface area contributed by atoms with Gasteiger partial charge in [-0.15, -0.1) is 0 Å². The van der Waals surface area contributed by atoms with E-state index in [-0.39, 0.29) is 6.61 Å². The molecule has 3 nitrogen and oxygen atoms in total. The average molecular weight is 246 g/mol. The first-order valence-electron chi connectivity index (χ1n) is 3.88. The summed E-state index contributed by atoms with van der Waals surface area (Å²) >= 11 is 3.35. The molecule has 72 valence electrons. The maximum atomic E-state index is 9.04. The van der Waals surface area contributed by atoms with Crippen LogP contribution in [-0.4, -0.2) is 19.3 Å². The SMILES string of the molecule is CNc1cc(OC)c(Br)cc1CO. The third kappa shape index (κ3) is 2.14. The van der Waals surface area contributed by atoms with Crippen LogP contribution in [0.15, 0.2) is 16.6 Å². The molecule has 0 amide bonds. The first kappa shape index (κ1) is 10.3. The third-order valence-electron chi connectivity index (χ3n) is 1.82. The molecule has 0 fully saturated rings. The monoisotopic (exact) mass is 245 g/mol. The van der Waals surface area contributed by atoms with E-state index in [4.69, 9.17) is 9.84 Å². The van der Waals surface area contributed by atoms with Crippen LogP contribution in [0, 0.1) is 0 Å². The van der Waals surface area contributed by atoms with E-state index in [2.05, 4.69) is 21.2 Å². The molecule has 13 heavy (non-hydrogen) atoms. The van der Waals surface area contributed by atoms with Crippen LogP contribution in [0.25, 0.3) is 0 Å². The normalized spacial score (nSPS) is 9.85. The number of nitrogens with one attached hydrogen (secondary N) is 1. The summed E-state index contributed by atoms with van der Waals surface area (Å²) in [4.78, 5) is 0. The van der Waals surface area contributed by atoms with Gasteiger partial charge < -0.3 is 15.2 Å². The summed E-state index contributed by atoms with van der Waals surface area (Å²) in [6.07, 6.45) is 0. The molecule has 0 aliphatic heterocycles. The molecule has 0 unspecified atom stereocenters. The van der Waals surface area contributed by atoms with Crippen molar-refractivity contribution >= 4 is 21.6 Å². The highest BCUT2D eigenvalue weighted by atomic mass is 79.9. The Kier molecular flexibility index (Phi) is 3.57. The molecule has 0 aromatic heterocycles. The molecule has 0 aliphatic carbocycles. The predicted molar refractivity (Wildman–Crippen MR) is 56.2 cm³/mol. The summed E-state index contributed by atoms with van der Waals surface area (Å²) in [7, 11) is 3.42. The smallest absolute Gasteiger partial charge is 0.135 e. The first-order chi connectivity index (χ1) is 6.22. The zero-order valence-electron chi connectivity index (χ0n) is 7.60. The van der Waals surface area contributed by atoms with Crippen LogP contribution in [0.2, 0.25) is 0 Å². The number of aliphatic hydroxyl groups is 1. The summed E-state index contributed by atoms with van der Waals surface area (Å²) in [5.41, 5.74) is 1.72. The Bertz CT molecular complexity index is 302. The first-order valence-corrected chi connectivity index (χ1v) is 4.67. The lowest BCUT2D eigenvalue weighted by molar-refractivity contribution is 0.282. The van der Waals surface area contributed by atoms with E-state index >= 15 is 0 Å². The summed E-state index contributed by atoms with van der Waals surface area (Å²) in [6, 6.07) is 3.68. The van der Waals surface area contributed by atoms with Gasteiger partial charge in [-0.25, -0.2) is 0 Å². The number of ether oxygens (including phenoxy) is 1. The fourth-order valence-corrected chi connectivity index (χ4v) is 1.67. The molecule has 0 aliphatic rings. The van der Waals surface area contributed by atoms with E-state index in [1.165, 1.54) is 0 Å². The maximum absolute atomic E-state index is 9.04. The summed E-state index contributed by atoms with van der Waals surface area (Å²) in [6.45, 7) is 0.0127. The summed E-state index contributed by atoms with van der Waals surface area (Å²) in [5, 5.41) is 12.0. The lowest BCUT2D eigenvalue weighted by Gasteiger charge is -2.10. The standard InChI is InChI=1S/C9H12BrNO2/c1-11-8-4-9(13-2)7(10)3-6(8)5-12/h3-4,11-12H,5H2,1-2H3. The van der Waals surface area contributed by atoms with E-state index in [9.17, 15) is 0 Å². The van der Waals surface area contributed by atoms with Crippen molar-refractivity contribution < 1.29 is 9.84 Å². The predicted octanol–water partition coefficient (Wildman–Crippen LogP) is 1.99. The van der Waals surface area contributed by atoms with Gasteiger partial charge in [0.05, 0.1) is 18.2 Å². The van der Waals surface area contributed by atoms with Gasteiger partial charge >= 0.3 is 0 Å². The van der Waals surface area contributed by atoms with Crippen LogP contribution in [0.5, 0.6) is 5.75 Å². The second-order valence-corrected chi connectivity index (χ2v) is 3.41. The largest absolute Gasteiger partial charge is 0.495 e. The van der Waals surface area contributed by atoms with E-state index < -0.39 is 0 Å². The Morgan fingerprint density at radius 3 is 2.69 bits per heavy atom. The molecule has 1 aromatic rings. The molecular weight excluding hydrogens is 234 g/mol. The van der Waals surface area contributed by atoms with Gasteiger partial charge in [-0.1, -0.05) is 0 Å². The molecule has 0 radical (unpaired) electrons. The van der Waals surface area contributed by atoms with Gasteiger partial charge in [0, 0.05) is 24.4 Å². The highest BCUT2D eigenvalue weighted by Crippen LogP contribution is 2.31. The number of aliphatic hydroxyl groups excluding tert-OH is 1. The highest BCUT2D eigenvalue weighted by molar-refractivity contribution is 9.10. The van der Waals surface area contributed by atoms with Crippen LogP contribution in [-0.2, 0) is 6.61 Å². The third-order valence-corrected chi connectivity index (χ3v) is 2.44. The Labute approximate surface area is 85.9 Å². The molecule has 0 spiro atoms. The van der Waals surface area contributed by atoms with Gasteiger partial charge in [-0.3, -0.25) is 0 Å². The van der Waals surface area contributed by atoms with Crippen molar-refractivity contribution in [3.05, 3.63) is 22.2 Å². The van der Waals surface area contributed by atoms with Crippen molar-refractivity contribution in [2.24, 2.45) is 0 Å². The molecule has 1 aromatic carbocycles. The number of rotatable bonds is 3. The number of hydrogen-bond acceptors (Lipinski definition) is 3. The van der Waals surface area contributed by atoms with E-state index in [0.29, 0.717) is 0 Å². The minimum atomic E-state index is 0.0127. The Balaban J connectivity index is 3.18. The van der Waals surface area contributed by atoms with Crippen molar-refractivity contribution in [3.63, 3.8) is 0 Å². The molecule has 4 heteroatoms. The van der Waals surface area contributed by atoms with Crippen LogP contribution in [0.4, 0.5) is 5.69 Å². The molecule has 0 saturated heterocycles. The fourth-order valence-electron chi connectivity index (χ4n) is 1.11. The topological polar surface area (TPSA) is 41.5 Å². The van der Waals surface area contributed by atoms with Crippen molar-refractivity contribution in [2.45, 2.75) is 6.61 Å². The second-order valence-electron chi connectivity index (χ2n) is 2.55. The van der Waals surface area contributed by atoms with Crippen LogP contribution >= 0.6 is 15.9 Å². The number of methoxy groups -OCH3 is 1. The van der Waals surface area contributed by atoms with Gasteiger partial charge in [-0.05, 0) is 22.0 Å². The maximum Gasteiger partial charge on any atom is 0.135 e. The van der Waals surface area contributed by atoms with Crippen molar-refractivity contribution in [1.82, 2.24) is 0 Å². The lowest BCUT2D eigenvalue weighted by atomic mass is 10.2. The Morgan fingerprint density at radius 2 is 2.23 bits per heavy atom. The van der Waals surface area contributed by atoms with Crippen molar-refractivity contribution in [2.75, 3.05) is 19.5 Å². The average Bonchev–Trinajstić information content (AvgIpc) is 2.17. The molecule has 0 saturated carbocycles. The minimum Gasteiger partial charge on any atom is -0.495 e. The minimum absolute atomic E-state index is 0.0127. The van der Waals surface area contributed by atoms with Crippen molar-refractivity contribution in [3.8, 4) is 5.75 Å². The fraction of sp³-hybridized carbons (Fsp3) is 0.333. The van der Waals surface area contributed by atoms with E-state index in [1.807, 2.05) is 19.2 Å². The number of anilines is 1. The lowest BCUT2D eigenvalue weighted by Crippen LogP contribution is -1.97. The second kappa shape index (κ2) is 4.48. The molecular formula is C9H12BrNO2. The summed E-state index contributed by atoms with van der Waals surface area (Å²) < 4.78 is 5.96.